The van der Waals surface area contributed by atoms with Crippen LogP contribution in [0.3, 0.4) is 0 Å². The van der Waals surface area contributed by atoms with Crippen molar-refractivity contribution < 1.29 is 5.11 Å². The average Bonchev–Trinajstić information content (AvgIpc) is 2.49. The number of unbranched alkanes of at least 4 members (excludes halogenated alkanes) is 5. The average molecular weight is 272 g/mol. The lowest BCUT2D eigenvalue weighted by atomic mass is 9.97. The fourth-order valence-electron chi connectivity index (χ4n) is 2.41. The van der Waals surface area contributed by atoms with E-state index in [9.17, 15) is 5.11 Å². The zero-order valence-electron chi connectivity index (χ0n) is 12.9. The molecule has 1 N–H and O–H groups in total. The first-order valence-corrected chi connectivity index (χ1v) is 7.94. The first kappa shape index (κ1) is 16.8. The van der Waals surface area contributed by atoms with Crippen LogP contribution >= 0.6 is 0 Å². The van der Waals surface area contributed by atoms with Gasteiger partial charge in [-0.15, -0.1) is 5.73 Å². The Balaban J connectivity index is 2.47. The summed E-state index contributed by atoms with van der Waals surface area (Å²) in [7, 11) is 0. The minimum Gasteiger partial charge on any atom is -0.388 e. The van der Waals surface area contributed by atoms with E-state index in [2.05, 4.69) is 12.7 Å². The summed E-state index contributed by atoms with van der Waals surface area (Å²) in [5.74, 6) is 0. The van der Waals surface area contributed by atoms with E-state index in [1.54, 1.807) is 0 Å². The quantitative estimate of drug-likeness (QED) is 0.474. The third-order valence-electron chi connectivity index (χ3n) is 3.55. The molecule has 0 spiro atoms. The first-order chi connectivity index (χ1) is 9.79. The van der Waals surface area contributed by atoms with Gasteiger partial charge in [-0.25, -0.2) is 0 Å². The summed E-state index contributed by atoms with van der Waals surface area (Å²) in [6, 6.07) is 10.1. The van der Waals surface area contributed by atoms with Crippen LogP contribution in [0.2, 0.25) is 0 Å². The van der Waals surface area contributed by atoms with Gasteiger partial charge in [0.05, 0.1) is 6.10 Å². The number of aliphatic hydroxyl groups is 1. The van der Waals surface area contributed by atoms with Gasteiger partial charge in [-0.1, -0.05) is 75.8 Å². The van der Waals surface area contributed by atoms with E-state index in [-0.39, 0.29) is 0 Å². The lowest BCUT2D eigenvalue weighted by Gasteiger charge is -2.13. The van der Waals surface area contributed by atoms with Crippen LogP contribution in [0.4, 0.5) is 0 Å². The van der Waals surface area contributed by atoms with Gasteiger partial charge in [-0.05, 0) is 25.0 Å². The number of benzene rings is 1. The van der Waals surface area contributed by atoms with Crippen molar-refractivity contribution in [2.75, 3.05) is 0 Å². The fourth-order valence-corrected chi connectivity index (χ4v) is 2.41. The van der Waals surface area contributed by atoms with Gasteiger partial charge >= 0.3 is 0 Å². The van der Waals surface area contributed by atoms with Crippen LogP contribution < -0.4 is 0 Å². The number of aliphatic hydroxyl groups excluding tert-OH is 1. The number of hydrogen-bond acceptors (Lipinski definition) is 1. The Morgan fingerprint density at radius 2 is 1.75 bits per heavy atom. The molecular weight excluding hydrogens is 244 g/mol. The van der Waals surface area contributed by atoms with Gasteiger partial charge in [0.1, 0.15) is 0 Å². The van der Waals surface area contributed by atoms with Crippen LogP contribution in [-0.4, -0.2) is 11.2 Å². The molecule has 0 radical (unpaired) electrons. The van der Waals surface area contributed by atoms with Crippen LogP contribution in [0.15, 0.2) is 42.1 Å². The van der Waals surface area contributed by atoms with Crippen LogP contribution in [0.1, 0.15) is 64.4 Å². The normalized spacial score (nSPS) is 11.8. The lowest BCUT2D eigenvalue weighted by molar-refractivity contribution is 0.217. The van der Waals surface area contributed by atoms with E-state index >= 15 is 0 Å². The summed E-state index contributed by atoms with van der Waals surface area (Å²) in [5, 5.41) is 10.4. The molecule has 0 saturated carbocycles. The number of hydrogen-bond donors (Lipinski definition) is 1. The molecule has 20 heavy (non-hydrogen) atoms. The predicted molar refractivity (Wildman–Crippen MR) is 87.6 cm³/mol. The highest BCUT2D eigenvalue weighted by Crippen LogP contribution is 2.21. The van der Waals surface area contributed by atoms with Gasteiger partial charge in [0.25, 0.3) is 0 Å². The summed E-state index contributed by atoms with van der Waals surface area (Å²) in [4.78, 5) is 0. The van der Waals surface area contributed by atoms with Crippen molar-refractivity contribution in [3.05, 3.63) is 47.7 Å². The second-order valence-electron chi connectivity index (χ2n) is 5.28. The molecule has 1 rings (SSSR count). The van der Waals surface area contributed by atoms with Crippen molar-refractivity contribution in [1.82, 2.24) is 0 Å². The van der Waals surface area contributed by atoms with Crippen molar-refractivity contribution in [3.8, 4) is 0 Å². The summed E-state index contributed by atoms with van der Waals surface area (Å²) >= 11 is 0. The number of rotatable bonds is 9. The second-order valence-corrected chi connectivity index (χ2v) is 5.28. The Bertz CT molecular complexity index is 413. The Hall–Kier alpha value is -1.30. The maximum absolute atomic E-state index is 10.4. The molecule has 0 bridgehead atoms. The predicted octanol–water partition coefficient (Wildman–Crippen LogP) is 5.36. The van der Waals surface area contributed by atoms with Gasteiger partial charge < -0.3 is 5.11 Å². The maximum atomic E-state index is 10.4. The smallest absolute Gasteiger partial charge is 0.0867 e. The summed E-state index contributed by atoms with van der Waals surface area (Å²) in [6.45, 7) is 4.18. The minimum absolute atomic E-state index is 0.403. The molecule has 1 atom stereocenters. The molecule has 0 amide bonds. The fraction of sp³-hybridized carbons (Fsp3) is 0.526. The van der Waals surface area contributed by atoms with Crippen LogP contribution in [-0.2, 0) is 0 Å². The zero-order valence-corrected chi connectivity index (χ0v) is 12.9. The topological polar surface area (TPSA) is 20.2 Å². The molecule has 1 unspecified atom stereocenters. The molecule has 0 saturated heterocycles. The molecule has 1 aromatic carbocycles. The summed E-state index contributed by atoms with van der Waals surface area (Å²) in [5.41, 5.74) is 5.19. The van der Waals surface area contributed by atoms with Gasteiger partial charge in [0.2, 0.25) is 0 Å². The van der Waals surface area contributed by atoms with Crippen molar-refractivity contribution in [1.29, 1.82) is 0 Å². The van der Waals surface area contributed by atoms with Gasteiger partial charge in [0, 0.05) is 5.57 Å². The Labute approximate surface area is 124 Å². The Morgan fingerprint density at radius 1 is 1.10 bits per heavy atom. The highest BCUT2D eigenvalue weighted by atomic mass is 16.3. The highest BCUT2D eigenvalue weighted by Gasteiger charge is 2.11. The monoisotopic (exact) mass is 272 g/mol. The van der Waals surface area contributed by atoms with Crippen molar-refractivity contribution in [2.24, 2.45) is 0 Å². The van der Waals surface area contributed by atoms with Crippen LogP contribution in [0, 0.1) is 0 Å². The van der Waals surface area contributed by atoms with Gasteiger partial charge in [0.15, 0.2) is 0 Å². The van der Waals surface area contributed by atoms with Crippen molar-refractivity contribution in [3.63, 3.8) is 0 Å². The molecule has 0 aliphatic heterocycles. The summed E-state index contributed by atoms with van der Waals surface area (Å²) in [6.07, 6.45) is 9.84. The van der Waals surface area contributed by atoms with E-state index in [1.807, 2.05) is 43.3 Å². The summed E-state index contributed by atoms with van der Waals surface area (Å²) < 4.78 is 0. The molecule has 110 valence electrons. The third kappa shape index (κ3) is 6.23. The first-order valence-electron chi connectivity index (χ1n) is 7.94. The molecule has 1 nitrogen and oxygen atoms in total. The largest absolute Gasteiger partial charge is 0.388 e. The van der Waals surface area contributed by atoms with Crippen LogP contribution in [0.5, 0.6) is 0 Å². The molecular formula is C19H28O. The van der Waals surface area contributed by atoms with E-state index in [0.717, 1.165) is 24.0 Å². The van der Waals surface area contributed by atoms with Crippen molar-refractivity contribution >= 4 is 5.57 Å². The Morgan fingerprint density at radius 3 is 2.40 bits per heavy atom. The molecule has 1 heteroatoms. The molecule has 0 aromatic heterocycles. The van der Waals surface area contributed by atoms with Gasteiger partial charge in [-0.2, -0.15) is 0 Å². The van der Waals surface area contributed by atoms with E-state index in [0.29, 0.717) is 0 Å². The van der Waals surface area contributed by atoms with E-state index < -0.39 is 6.10 Å². The molecule has 0 aliphatic rings. The van der Waals surface area contributed by atoms with Crippen molar-refractivity contribution in [2.45, 2.75) is 64.9 Å². The lowest BCUT2D eigenvalue weighted by Crippen LogP contribution is -2.08. The van der Waals surface area contributed by atoms with Gasteiger partial charge in [-0.3, -0.25) is 0 Å². The standard InChI is InChI=1S/C19H28O/c1-3-5-6-7-8-12-16-19(20)18(13-4-2)17-14-10-9-11-15-17/h4,9-11,14-15,19-20H,3,5-8,12,16H2,1-2H3. The highest BCUT2D eigenvalue weighted by molar-refractivity contribution is 5.67. The molecule has 0 aliphatic carbocycles. The van der Waals surface area contributed by atoms with E-state index in [4.69, 9.17) is 0 Å². The third-order valence-corrected chi connectivity index (χ3v) is 3.55. The SMILES string of the molecule is CC=C=C(c1ccccc1)C(O)CCCCCCCC. The molecule has 1 aromatic rings. The Kier molecular flexibility index (Phi) is 8.78. The second kappa shape index (κ2) is 10.5. The van der Waals surface area contributed by atoms with Crippen LogP contribution in [0.25, 0.3) is 5.57 Å². The maximum Gasteiger partial charge on any atom is 0.0867 e. The minimum atomic E-state index is -0.403. The zero-order chi connectivity index (χ0) is 14.6. The molecule has 0 fully saturated rings. The van der Waals surface area contributed by atoms with E-state index in [1.165, 1.54) is 32.1 Å². The molecule has 0 heterocycles.